The number of aliphatic hydroxyl groups is 4. The molecule has 0 saturated carbocycles. The van der Waals surface area contributed by atoms with E-state index in [1.165, 1.54) is 54.8 Å². The van der Waals surface area contributed by atoms with Gasteiger partial charge in [-0.1, -0.05) is 0 Å². The number of carbonyl (C=O) groups excluding carboxylic acids is 1. The fourth-order valence-corrected chi connectivity index (χ4v) is 7.09. The molecule has 3 aromatic carbocycles. The molecule has 17 nitrogen and oxygen atoms in total. The Bertz CT molecular complexity index is 1740. The highest BCUT2D eigenvalue weighted by Crippen LogP contribution is 2.55. The summed E-state index contributed by atoms with van der Waals surface area (Å²) in [5.74, 6) is -3.57. The van der Waals surface area contributed by atoms with Crippen LogP contribution in [0, 0.1) is 11.8 Å². The number of rotatable bonds is 14. The fourth-order valence-electron chi connectivity index (χ4n) is 7.09. The third-order valence-corrected chi connectivity index (χ3v) is 9.90. The van der Waals surface area contributed by atoms with Crippen molar-refractivity contribution in [1.82, 2.24) is 0 Å². The van der Waals surface area contributed by atoms with Crippen molar-refractivity contribution in [3.63, 3.8) is 0 Å². The van der Waals surface area contributed by atoms with Crippen LogP contribution in [0.5, 0.6) is 51.7 Å². The number of aromatic hydroxyl groups is 3. The number of phenols is 3. The van der Waals surface area contributed by atoms with E-state index in [2.05, 4.69) is 0 Å². The number of ether oxygens (including phenoxy) is 9. The minimum Gasteiger partial charge on any atom is -0.502 e. The number of phenolic OH excluding ortho intramolecular Hbond substituents is 3. The van der Waals surface area contributed by atoms with Gasteiger partial charge in [-0.2, -0.15) is 0 Å². The molecule has 0 unspecified atom stereocenters. The van der Waals surface area contributed by atoms with Crippen molar-refractivity contribution in [3.8, 4) is 51.7 Å². The molecule has 5 rings (SSSR count). The molecule has 0 amide bonds. The Labute approximate surface area is 310 Å². The lowest BCUT2D eigenvalue weighted by Crippen LogP contribution is -2.59. The van der Waals surface area contributed by atoms with Crippen molar-refractivity contribution < 1.29 is 83.2 Å². The lowest BCUT2D eigenvalue weighted by atomic mass is 9.66. The maximum atomic E-state index is 13.6. The Morgan fingerprint density at radius 1 is 0.704 bits per heavy atom. The predicted octanol–water partition coefficient (Wildman–Crippen LogP) is 1.45. The number of hydrogen-bond acceptors (Lipinski definition) is 17. The van der Waals surface area contributed by atoms with Gasteiger partial charge in [0.25, 0.3) is 0 Å². The molecule has 3 aromatic rings. The Balaban J connectivity index is 1.64. The molecule has 8 atom stereocenters. The summed E-state index contributed by atoms with van der Waals surface area (Å²) in [5.41, 5.74) is 1.63. The summed E-state index contributed by atoms with van der Waals surface area (Å²) in [4.78, 5) is 13.6. The molecule has 7 N–H and O–H groups in total. The standard InChI is InChI=1S/C37H46O17/c1-46-21-9-17(10-22(47-2)29(21)39)27-20(15-53-37-34(44)33(43)31(41)26(13-38)54-37)19(7-16-8-25(50-5)32(42)35(51-6)28(16)27)14-52-36(45)18-11-23(48-3)30(40)24(12-18)49-4/h8-12,19-20,26-27,31,33-34,37-44H,7,13-15H2,1-6H3/t19-,20-,26+,27+,31+,33-,34+,37+/m0/s1. The van der Waals surface area contributed by atoms with Crippen molar-refractivity contribution in [2.45, 2.75) is 43.0 Å². The Kier molecular flexibility index (Phi) is 12.7. The number of fused-ring (bicyclic) bond motifs is 1. The second-order valence-corrected chi connectivity index (χ2v) is 12.8. The topological polar surface area (TPSA) is 242 Å². The first kappa shape index (κ1) is 40.3. The quantitative estimate of drug-likeness (QED) is 0.115. The van der Waals surface area contributed by atoms with Gasteiger partial charge in [-0.3, -0.25) is 0 Å². The van der Waals surface area contributed by atoms with Gasteiger partial charge in [-0.15, -0.1) is 0 Å². The summed E-state index contributed by atoms with van der Waals surface area (Å²) in [6.07, 6.45) is -7.62. The zero-order valence-electron chi connectivity index (χ0n) is 30.5. The molecule has 0 spiro atoms. The van der Waals surface area contributed by atoms with E-state index in [9.17, 15) is 40.5 Å². The van der Waals surface area contributed by atoms with Gasteiger partial charge >= 0.3 is 5.97 Å². The molecule has 1 aliphatic carbocycles. The largest absolute Gasteiger partial charge is 0.502 e. The highest BCUT2D eigenvalue weighted by molar-refractivity contribution is 5.91. The molecule has 1 fully saturated rings. The second-order valence-electron chi connectivity index (χ2n) is 12.8. The highest BCUT2D eigenvalue weighted by atomic mass is 16.7. The van der Waals surface area contributed by atoms with Gasteiger partial charge in [0.15, 0.2) is 40.8 Å². The molecule has 0 aromatic heterocycles. The smallest absolute Gasteiger partial charge is 0.338 e. The van der Waals surface area contributed by atoms with Crippen LogP contribution in [0.2, 0.25) is 0 Å². The van der Waals surface area contributed by atoms with Crippen LogP contribution in [0.3, 0.4) is 0 Å². The van der Waals surface area contributed by atoms with Gasteiger partial charge in [-0.25, -0.2) is 4.79 Å². The van der Waals surface area contributed by atoms with Crippen LogP contribution < -0.4 is 28.4 Å². The third-order valence-electron chi connectivity index (χ3n) is 9.90. The molecule has 0 radical (unpaired) electrons. The molecule has 1 heterocycles. The summed E-state index contributed by atoms with van der Waals surface area (Å²) >= 11 is 0. The normalized spacial score (nSPS) is 24.9. The van der Waals surface area contributed by atoms with E-state index in [0.717, 1.165) is 0 Å². The first-order valence-corrected chi connectivity index (χ1v) is 16.8. The zero-order valence-corrected chi connectivity index (χ0v) is 30.5. The van der Waals surface area contributed by atoms with Crippen molar-refractivity contribution in [2.24, 2.45) is 11.8 Å². The molecule has 17 heteroatoms. The summed E-state index contributed by atoms with van der Waals surface area (Å²) in [6, 6.07) is 7.36. The van der Waals surface area contributed by atoms with Crippen molar-refractivity contribution in [2.75, 3.05) is 62.5 Å². The van der Waals surface area contributed by atoms with E-state index in [-0.39, 0.29) is 76.9 Å². The zero-order chi connectivity index (χ0) is 39.4. The number of esters is 1. The summed E-state index contributed by atoms with van der Waals surface area (Å²) in [6.45, 7) is -1.18. The fraction of sp³-hybridized carbons (Fsp3) is 0.486. The SMILES string of the molecule is COc1cc(C(=O)OC[C@@H]2Cc3cc(OC)c(O)c(OC)c3[C@H](c3cc(OC)c(O)c(OC)c3)[C@H]2CO[C@@H]2O[C@H](CO)[C@@H](O)[C@H](O)[C@H]2O)cc(OC)c1O. The van der Waals surface area contributed by atoms with E-state index < -0.39 is 61.0 Å². The maximum Gasteiger partial charge on any atom is 0.338 e. The molecule has 1 aliphatic heterocycles. The minimum atomic E-state index is -1.72. The van der Waals surface area contributed by atoms with Crippen LogP contribution in [-0.4, -0.2) is 135 Å². The summed E-state index contributed by atoms with van der Waals surface area (Å²) in [7, 11) is 8.11. The molecule has 1 saturated heterocycles. The van der Waals surface area contributed by atoms with Gasteiger partial charge in [-0.05, 0) is 53.8 Å². The first-order valence-electron chi connectivity index (χ1n) is 16.8. The molecule has 2 aliphatic rings. The van der Waals surface area contributed by atoms with Gasteiger partial charge in [0, 0.05) is 17.4 Å². The predicted molar refractivity (Wildman–Crippen MR) is 186 cm³/mol. The van der Waals surface area contributed by atoms with E-state index in [4.69, 9.17) is 42.6 Å². The molecule has 0 bridgehead atoms. The Morgan fingerprint density at radius 3 is 1.76 bits per heavy atom. The van der Waals surface area contributed by atoms with E-state index in [1.807, 2.05) is 0 Å². The Morgan fingerprint density at radius 2 is 1.24 bits per heavy atom. The van der Waals surface area contributed by atoms with Gasteiger partial charge in [0.1, 0.15) is 24.4 Å². The number of methoxy groups -OCH3 is 6. The van der Waals surface area contributed by atoms with Crippen LogP contribution in [0.25, 0.3) is 0 Å². The third kappa shape index (κ3) is 7.55. The van der Waals surface area contributed by atoms with Gasteiger partial charge in [0.05, 0.1) is 68.0 Å². The van der Waals surface area contributed by atoms with E-state index in [0.29, 0.717) is 16.7 Å². The van der Waals surface area contributed by atoms with Crippen LogP contribution in [0.4, 0.5) is 0 Å². The van der Waals surface area contributed by atoms with Gasteiger partial charge in [0.2, 0.25) is 17.2 Å². The van der Waals surface area contributed by atoms with Crippen molar-refractivity contribution in [1.29, 1.82) is 0 Å². The second kappa shape index (κ2) is 17.0. The minimum absolute atomic E-state index is 0.0182. The average molecular weight is 763 g/mol. The molecule has 296 valence electrons. The lowest BCUT2D eigenvalue weighted by molar-refractivity contribution is -0.304. The van der Waals surface area contributed by atoms with Crippen LogP contribution in [0.15, 0.2) is 30.3 Å². The first-order chi connectivity index (χ1) is 25.9. The van der Waals surface area contributed by atoms with E-state index >= 15 is 0 Å². The lowest BCUT2D eigenvalue weighted by Gasteiger charge is -2.43. The van der Waals surface area contributed by atoms with Crippen molar-refractivity contribution >= 4 is 5.97 Å². The van der Waals surface area contributed by atoms with Crippen LogP contribution >= 0.6 is 0 Å². The van der Waals surface area contributed by atoms with Gasteiger partial charge < -0.3 is 78.4 Å². The summed E-state index contributed by atoms with van der Waals surface area (Å²) < 4.78 is 50.3. The molecule has 54 heavy (non-hydrogen) atoms. The van der Waals surface area contributed by atoms with Crippen molar-refractivity contribution in [3.05, 3.63) is 52.6 Å². The van der Waals surface area contributed by atoms with Crippen LogP contribution in [-0.2, 0) is 20.6 Å². The Hall–Kier alpha value is -4.91. The van der Waals surface area contributed by atoms with Crippen LogP contribution in [0.1, 0.15) is 33.0 Å². The highest BCUT2D eigenvalue weighted by Gasteiger charge is 2.47. The maximum absolute atomic E-state index is 13.6. The molecular formula is C37H46O17. The molecular weight excluding hydrogens is 716 g/mol. The monoisotopic (exact) mass is 762 g/mol. The summed E-state index contributed by atoms with van der Waals surface area (Å²) in [5, 5.41) is 73.9. The number of benzene rings is 3. The number of aliphatic hydroxyl groups excluding tert-OH is 4. The average Bonchev–Trinajstić information content (AvgIpc) is 3.18. The number of hydrogen-bond donors (Lipinski definition) is 7. The number of carbonyl (C=O) groups is 1. The van der Waals surface area contributed by atoms with E-state index in [1.54, 1.807) is 18.2 Å².